The van der Waals surface area contributed by atoms with Crippen molar-refractivity contribution in [3.8, 4) is 11.5 Å². The molecule has 0 unspecified atom stereocenters. The van der Waals surface area contributed by atoms with E-state index in [0.717, 1.165) is 5.56 Å². The number of carbonyl (C=O) groups excluding carboxylic acids is 3. The summed E-state index contributed by atoms with van der Waals surface area (Å²) in [7, 11) is 3.05. The molecule has 30 heavy (non-hydrogen) atoms. The molecule has 8 nitrogen and oxygen atoms in total. The number of hydrogen-bond donors (Lipinski definition) is 2. The fourth-order valence-corrected chi connectivity index (χ4v) is 3.37. The van der Waals surface area contributed by atoms with E-state index in [0.29, 0.717) is 17.2 Å². The first kappa shape index (κ1) is 21.2. The molecule has 2 atom stereocenters. The Morgan fingerprint density at radius 1 is 1.10 bits per heavy atom. The number of methoxy groups -OCH3 is 2. The van der Waals surface area contributed by atoms with Gasteiger partial charge in [0.05, 0.1) is 20.3 Å². The van der Waals surface area contributed by atoms with Gasteiger partial charge in [0.2, 0.25) is 5.91 Å². The van der Waals surface area contributed by atoms with Crippen molar-refractivity contribution in [1.29, 1.82) is 0 Å². The van der Waals surface area contributed by atoms with Gasteiger partial charge in [-0.25, -0.2) is 4.79 Å². The highest BCUT2D eigenvalue weighted by Crippen LogP contribution is 2.27. The normalized spacial score (nSPS) is 16.8. The molecule has 2 aromatic carbocycles. The van der Waals surface area contributed by atoms with Gasteiger partial charge in [0.1, 0.15) is 17.5 Å². The van der Waals surface area contributed by atoms with Crippen molar-refractivity contribution in [3.05, 3.63) is 54.1 Å². The Balaban J connectivity index is 1.59. The average Bonchev–Trinajstić information content (AvgIpc) is 3.05. The van der Waals surface area contributed by atoms with E-state index in [2.05, 4.69) is 10.6 Å². The maximum Gasteiger partial charge on any atom is 0.325 e. The summed E-state index contributed by atoms with van der Waals surface area (Å²) >= 11 is 0. The van der Waals surface area contributed by atoms with E-state index >= 15 is 0 Å². The van der Waals surface area contributed by atoms with Crippen molar-refractivity contribution >= 4 is 23.5 Å². The fourth-order valence-electron chi connectivity index (χ4n) is 3.37. The fraction of sp³-hybridized carbons (Fsp3) is 0.318. The second-order valence-electron chi connectivity index (χ2n) is 6.99. The van der Waals surface area contributed by atoms with E-state index in [-0.39, 0.29) is 30.7 Å². The van der Waals surface area contributed by atoms with E-state index in [1.165, 1.54) is 19.1 Å². The van der Waals surface area contributed by atoms with Gasteiger partial charge in [-0.3, -0.25) is 14.5 Å². The molecule has 4 amide bonds. The molecule has 0 radical (unpaired) electrons. The van der Waals surface area contributed by atoms with Crippen LogP contribution >= 0.6 is 0 Å². The lowest BCUT2D eigenvalue weighted by Gasteiger charge is -2.21. The van der Waals surface area contributed by atoms with Gasteiger partial charge in [0, 0.05) is 30.3 Å². The highest BCUT2D eigenvalue weighted by atomic mass is 16.5. The lowest BCUT2D eigenvalue weighted by molar-refractivity contribution is -0.129. The summed E-state index contributed by atoms with van der Waals surface area (Å²) in [5, 5.41) is 5.44. The van der Waals surface area contributed by atoms with Crippen LogP contribution < -0.4 is 20.1 Å². The summed E-state index contributed by atoms with van der Waals surface area (Å²) in [6.07, 6.45) is 0.277. The number of carbonyl (C=O) groups is 3. The Hall–Kier alpha value is -3.55. The van der Waals surface area contributed by atoms with Crippen LogP contribution in [-0.2, 0) is 9.59 Å². The molecule has 0 aliphatic carbocycles. The Labute approximate surface area is 175 Å². The molecule has 1 aliphatic heterocycles. The molecular formula is C22H25N3O5. The number of imide groups is 1. The van der Waals surface area contributed by atoms with Crippen LogP contribution in [0.1, 0.15) is 31.4 Å². The molecule has 158 valence electrons. The number of rotatable bonds is 8. The predicted octanol–water partition coefficient (Wildman–Crippen LogP) is 3.10. The average molecular weight is 411 g/mol. The van der Waals surface area contributed by atoms with Gasteiger partial charge in [-0.1, -0.05) is 30.3 Å². The van der Waals surface area contributed by atoms with Gasteiger partial charge in [-0.2, -0.15) is 0 Å². The standard InChI is InChI=1S/C22H25N3O5/c1-14(15-7-5-4-6-8-15)25-21(27)19(24-22(25)28)9-10-20(26)23-16-11-17(29-2)13-18(12-16)30-3/h4-8,11-14,19H,9-10H2,1-3H3,(H,23,26)(H,24,28)/t14-,19-/m1/s1. The summed E-state index contributed by atoms with van der Waals surface area (Å²) < 4.78 is 10.4. The van der Waals surface area contributed by atoms with Crippen LogP contribution in [0, 0.1) is 0 Å². The van der Waals surface area contributed by atoms with Crippen LogP contribution in [0.2, 0.25) is 0 Å². The van der Waals surface area contributed by atoms with Crippen molar-refractivity contribution in [2.24, 2.45) is 0 Å². The molecule has 1 fully saturated rings. The Morgan fingerprint density at radius 3 is 2.33 bits per heavy atom. The largest absolute Gasteiger partial charge is 0.497 e. The molecule has 1 aliphatic rings. The van der Waals surface area contributed by atoms with E-state index in [9.17, 15) is 14.4 Å². The molecule has 2 aromatic rings. The summed E-state index contributed by atoms with van der Waals surface area (Å²) in [4.78, 5) is 38.7. The third kappa shape index (κ3) is 4.71. The number of amides is 4. The predicted molar refractivity (Wildman–Crippen MR) is 111 cm³/mol. The highest BCUT2D eigenvalue weighted by Gasteiger charge is 2.40. The molecule has 0 aromatic heterocycles. The minimum atomic E-state index is -0.728. The maximum absolute atomic E-state index is 12.7. The van der Waals surface area contributed by atoms with Gasteiger partial charge in [-0.05, 0) is 18.9 Å². The summed E-state index contributed by atoms with van der Waals surface area (Å²) in [6.45, 7) is 1.80. The smallest absolute Gasteiger partial charge is 0.325 e. The van der Waals surface area contributed by atoms with Crippen molar-refractivity contribution < 1.29 is 23.9 Å². The minimum Gasteiger partial charge on any atom is -0.497 e. The van der Waals surface area contributed by atoms with E-state index in [1.54, 1.807) is 25.1 Å². The van der Waals surface area contributed by atoms with Crippen LogP contribution in [0.25, 0.3) is 0 Å². The zero-order valence-electron chi connectivity index (χ0n) is 17.2. The SMILES string of the molecule is COc1cc(NC(=O)CC[C@H]2NC(=O)N([C@H](C)c3ccccc3)C2=O)cc(OC)c1. The second-order valence-corrected chi connectivity index (χ2v) is 6.99. The summed E-state index contributed by atoms with van der Waals surface area (Å²) in [5.41, 5.74) is 1.39. The van der Waals surface area contributed by atoms with Crippen molar-refractivity contribution in [2.45, 2.75) is 31.8 Å². The molecule has 1 heterocycles. The van der Waals surface area contributed by atoms with E-state index in [4.69, 9.17) is 9.47 Å². The zero-order valence-corrected chi connectivity index (χ0v) is 17.2. The molecule has 0 bridgehead atoms. The quantitative estimate of drug-likeness (QED) is 0.651. The first-order valence-electron chi connectivity index (χ1n) is 9.64. The zero-order chi connectivity index (χ0) is 21.7. The summed E-state index contributed by atoms with van der Waals surface area (Å²) in [6, 6.07) is 12.8. The van der Waals surface area contributed by atoms with Gasteiger partial charge < -0.3 is 20.1 Å². The second kappa shape index (κ2) is 9.30. The highest BCUT2D eigenvalue weighted by molar-refractivity contribution is 6.05. The van der Waals surface area contributed by atoms with E-state index in [1.807, 2.05) is 30.3 Å². The third-order valence-corrected chi connectivity index (χ3v) is 5.02. The number of nitrogens with one attached hydrogen (secondary N) is 2. The minimum absolute atomic E-state index is 0.0732. The topological polar surface area (TPSA) is 97.0 Å². The lowest BCUT2D eigenvalue weighted by Crippen LogP contribution is -2.34. The third-order valence-electron chi connectivity index (χ3n) is 5.02. The number of benzene rings is 2. The molecule has 1 saturated heterocycles. The first-order chi connectivity index (χ1) is 14.4. The van der Waals surface area contributed by atoms with Crippen molar-refractivity contribution in [3.63, 3.8) is 0 Å². The number of urea groups is 1. The van der Waals surface area contributed by atoms with Crippen LogP contribution in [-0.4, -0.2) is 43.0 Å². The Bertz CT molecular complexity index is 909. The van der Waals surface area contributed by atoms with Crippen molar-refractivity contribution in [1.82, 2.24) is 10.2 Å². The van der Waals surface area contributed by atoms with Gasteiger partial charge in [0.15, 0.2) is 0 Å². The molecule has 8 heteroatoms. The monoisotopic (exact) mass is 411 g/mol. The van der Waals surface area contributed by atoms with E-state index < -0.39 is 12.1 Å². The van der Waals surface area contributed by atoms with Gasteiger partial charge in [-0.15, -0.1) is 0 Å². The molecular weight excluding hydrogens is 386 g/mol. The molecule has 3 rings (SSSR count). The number of nitrogens with zero attached hydrogens (tertiary/aromatic N) is 1. The molecule has 2 N–H and O–H groups in total. The maximum atomic E-state index is 12.7. The van der Waals surface area contributed by atoms with Gasteiger partial charge in [0.25, 0.3) is 5.91 Å². The van der Waals surface area contributed by atoms with Crippen LogP contribution in [0.5, 0.6) is 11.5 Å². The van der Waals surface area contributed by atoms with Gasteiger partial charge >= 0.3 is 6.03 Å². The van der Waals surface area contributed by atoms with Crippen LogP contribution in [0.3, 0.4) is 0 Å². The number of anilines is 1. The van der Waals surface area contributed by atoms with Crippen LogP contribution in [0.15, 0.2) is 48.5 Å². The number of ether oxygens (including phenoxy) is 2. The number of hydrogen-bond acceptors (Lipinski definition) is 5. The molecule has 0 saturated carbocycles. The summed E-state index contributed by atoms with van der Waals surface area (Å²) in [5.74, 6) is 0.496. The Kier molecular flexibility index (Phi) is 6.56. The Morgan fingerprint density at radius 2 is 1.73 bits per heavy atom. The first-order valence-corrected chi connectivity index (χ1v) is 9.64. The molecule has 0 spiro atoms. The van der Waals surface area contributed by atoms with Crippen molar-refractivity contribution in [2.75, 3.05) is 19.5 Å². The van der Waals surface area contributed by atoms with Crippen LogP contribution in [0.4, 0.5) is 10.5 Å². The lowest BCUT2D eigenvalue weighted by atomic mass is 10.1.